The van der Waals surface area contributed by atoms with Gasteiger partial charge in [0.2, 0.25) is 11.6 Å². The zero-order chi connectivity index (χ0) is 15.0. The second-order valence-electron chi connectivity index (χ2n) is 6.21. The molecule has 1 saturated carbocycles. The molecule has 4 heteroatoms. The first kappa shape index (κ1) is 14.1. The van der Waals surface area contributed by atoms with Gasteiger partial charge in [0, 0.05) is 30.0 Å². The fraction of sp³-hybridized carbons (Fsp3) is 0.471. The van der Waals surface area contributed by atoms with Crippen molar-refractivity contribution < 1.29 is 14.4 Å². The maximum Gasteiger partial charge on any atom is 0.229 e. The van der Waals surface area contributed by atoms with Crippen molar-refractivity contribution in [3.8, 4) is 0 Å². The highest BCUT2D eigenvalue weighted by Gasteiger charge is 2.29. The van der Waals surface area contributed by atoms with Gasteiger partial charge in [-0.2, -0.15) is 0 Å². The standard InChI is InChI=1S/C17H19NO3/c18-13-5-1-10(2-6-13)7-15(19)12-4-3-11-9-16(20)17(21)14(11)8-12/h3-4,8,10,13H,1-2,5-7,9,18H2. The van der Waals surface area contributed by atoms with Crippen molar-refractivity contribution in [1.29, 1.82) is 0 Å². The van der Waals surface area contributed by atoms with Crippen LogP contribution in [0.3, 0.4) is 0 Å². The van der Waals surface area contributed by atoms with E-state index in [4.69, 9.17) is 5.73 Å². The maximum absolute atomic E-state index is 12.4. The number of fused-ring (bicyclic) bond motifs is 1. The van der Waals surface area contributed by atoms with Gasteiger partial charge in [-0.05, 0) is 43.2 Å². The second kappa shape index (κ2) is 5.53. The minimum atomic E-state index is -0.455. The molecule has 0 atom stereocenters. The predicted octanol–water partition coefficient (Wildman–Crippen LogP) is 2.08. The van der Waals surface area contributed by atoms with Gasteiger partial charge in [-0.25, -0.2) is 0 Å². The molecule has 1 fully saturated rings. The molecule has 0 saturated heterocycles. The normalized spacial score (nSPS) is 25.0. The van der Waals surface area contributed by atoms with E-state index in [1.54, 1.807) is 18.2 Å². The van der Waals surface area contributed by atoms with E-state index < -0.39 is 5.78 Å². The Labute approximate surface area is 123 Å². The quantitative estimate of drug-likeness (QED) is 0.681. The Bertz CT molecular complexity index is 612. The van der Waals surface area contributed by atoms with Crippen LogP contribution in [0.1, 0.15) is 58.4 Å². The zero-order valence-electron chi connectivity index (χ0n) is 11.9. The van der Waals surface area contributed by atoms with E-state index >= 15 is 0 Å². The largest absolute Gasteiger partial charge is 0.328 e. The summed E-state index contributed by atoms with van der Waals surface area (Å²) in [4.78, 5) is 35.5. The van der Waals surface area contributed by atoms with Crippen molar-refractivity contribution in [3.63, 3.8) is 0 Å². The molecule has 0 aliphatic heterocycles. The van der Waals surface area contributed by atoms with Crippen LogP contribution in [0.25, 0.3) is 0 Å². The summed E-state index contributed by atoms with van der Waals surface area (Å²) in [6.45, 7) is 0. The van der Waals surface area contributed by atoms with Crippen LogP contribution in [0.5, 0.6) is 0 Å². The Hall–Kier alpha value is -1.81. The molecule has 0 bridgehead atoms. The minimum Gasteiger partial charge on any atom is -0.328 e. The van der Waals surface area contributed by atoms with Crippen molar-refractivity contribution in [2.45, 2.75) is 44.6 Å². The van der Waals surface area contributed by atoms with Gasteiger partial charge in [0.15, 0.2) is 5.78 Å². The minimum absolute atomic E-state index is 0.0606. The summed E-state index contributed by atoms with van der Waals surface area (Å²) in [5, 5.41) is 0. The van der Waals surface area contributed by atoms with Crippen LogP contribution < -0.4 is 5.73 Å². The average Bonchev–Trinajstić information content (AvgIpc) is 2.76. The van der Waals surface area contributed by atoms with Crippen molar-refractivity contribution in [2.75, 3.05) is 0 Å². The van der Waals surface area contributed by atoms with E-state index in [2.05, 4.69) is 0 Å². The molecule has 2 aliphatic carbocycles. The Morgan fingerprint density at radius 2 is 1.86 bits per heavy atom. The molecule has 1 aromatic carbocycles. The Morgan fingerprint density at radius 1 is 1.14 bits per heavy atom. The first-order valence-corrected chi connectivity index (χ1v) is 7.54. The third kappa shape index (κ3) is 2.81. The van der Waals surface area contributed by atoms with Gasteiger partial charge in [-0.3, -0.25) is 14.4 Å². The van der Waals surface area contributed by atoms with Crippen LogP contribution in [-0.4, -0.2) is 23.4 Å². The Kier molecular flexibility index (Phi) is 3.72. The van der Waals surface area contributed by atoms with Crippen LogP contribution >= 0.6 is 0 Å². The number of carbonyl (C=O) groups excluding carboxylic acids is 3. The van der Waals surface area contributed by atoms with Gasteiger partial charge in [0.1, 0.15) is 0 Å². The van der Waals surface area contributed by atoms with Crippen LogP contribution in [0, 0.1) is 5.92 Å². The number of hydrogen-bond donors (Lipinski definition) is 1. The van der Waals surface area contributed by atoms with Gasteiger partial charge in [0.05, 0.1) is 0 Å². The predicted molar refractivity (Wildman–Crippen MR) is 78.4 cm³/mol. The van der Waals surface area contributed by atoms with Crippen LogP contribution in [-0.2, 0) is 11.2 Å². The molecule has 0 heterocycles. The van der Waals surface area contributed by atoms with Gasteiger partial charge in [-0.1, -0.05) is 12.1 Å². The fourth-order valence-electron chi connectivity index (χ4n) is 3.29. The summed E-state index contributed by atoms with van der Waals surface area (Å²) in [6, 6.07) is 5.35. The lowest BCUT2D eigenvalue weighted by atomic mass is 9.82. The Balaban J connectivity index is 1.71. The first-order chi connectivity index (χ1) is 10.0. The van der Waals surface area contributed by atoms with Crippen molar-refractivity contribution >= 4 is 17.3 Å². The van der Waals surface area contributed by atoms with E-state index in [-0.39, 0.29) is 24.0 Å². The molecular formula is C17H19NO3. The summed E-state index contributed by atoms with van der Waals surface area (Å²) >= 11 is 0. The molecule has 3 rings (SSSR count). The molecule has 0 radical (unpaired) electrons. The Morgan fingerprint density at radius 3 is 2.57 bits per heavy atom. The van der Waals surface area contributed by atoms with Crippen LogP contribution in [0.15, 0.2) is 18.2 Å². The summed E-state index contributed by atoms with van der Waals surface area (Å²) < 4.78 is 0. The molecule has 0 spiro atoms. The molecule has 1 aromatic rings. The molecule has 21 heavy (non-hydrogen) atoms. The van der Waals surface area contributed by atoms with Crippen molar-refractivity contribution in [2.24, 2.45) is 11.7 Å². The SMILES string of the molecule is NC1CCC(CC(=O)c2ccc3c(c2)C(=O)C(=O)C3)CC1. The highest BCUT2D eigenvalue weighted by atomic mass is 16.2. The van der Waals surface area contributed by atoms with E-state index in [1.807, 2.05) is 0 Å². The number of nitrogens with two attached hydrogens (primary N) is 1. The lowest BCUT2D eigenvalue weighted by molar-refractivity contribution is -0.114. The van der Waals surface area contributed by atoms with Gasteiger partial charge in [-0.15, -0.1) is 0 Å². The topological polar surface area (TPSA) is 77.2 Å². The molecule has 2 N–H and O–H groups in total. The monoisotopic (exact) mass is 285 g/mol. The number of carbonyl (C=O) groups is 3. The van der Waals surface area contributed by atoms with Crippen LogP contribution in [0.2, 0.25) is 0 Å². The number of ketones is 3. The van der Waals surface area contributed by atoms with Crippen LogP contribution in [0.4, 0.5) is 0 Å². The summed E-state index contributed by atoms with van der Waals surface area (Å²) in [5.41, 5.74) is 7.58. The van der Waals surface area contributed by atoms with Gasteiger partial charge in [0.25, 0.3) is 0 Å². The molecule has 2 aliphatic rings. The molecule has 4 nitrogen and oxygen atoms in total. The lowest BCUT2D eigenvalue weighted by Gasteiger charge is -2.25. The zero-order valence-corrected chi connectivity index (χ0v) is 11.9. The number of Topliss-reactive ketones (excluding diaryl/α,β-unsaturated/α-hetero) is 3. The molecule has 110 valence electrons. The smallest absolute Gasteiger partial charge is 0.229 e. The number of rotatable bonds is 3. The molecule has 0 amide bonds. The number of benzene rings is 1. The molecular weight excluding hydrogens is 266 g/mol. The lowest BCUT2D eigenvalue weighted by Crippen LogP contribution is -2.27. The first-order valence-electron chi connectivity index (χ1n) is 7.54. The average molecular weight is 285 g/mol. The fourth-order valence-corrected chi connectivity index (χ4v) is 3.29. The summed E-state index contributed by atoms with van der Waals surface area (Å²) in [6.07, 6.45) is 4.63. The van der Waals surface area contributed by atoms with Gasteiger partial charge < -0.3 is 5.73 Å². The molecule has 0 aromatic heterocycles. The third-order valence-corrected chi connectivity index (χ3v) is 4.65. The van der Waals surface area contributed by atoms with E-state index in [9.17, 15) is 14.4 Å². The molecule has 0 unspecified atom stereocenters. The highest BCUT2D eigenvalue weighted by Crippen LogP contribution is 2.28. The second-order valence-corrected chi connectivity index (χ2v) is 6.21. The summed E-state index contributed by atoms with van der Waals surface area (Å²) in [7, 11) is 0. The summed E-state index contributed by atoms with van der Waals surface area (Å²) in [5.74, 6) is -0.382. The van der Waals surface area contributed by atoms with E-state index in [0.717, 1.165) is 31.2 Å². The van der Waals surface area contributed by atoms with Crippen molar-refractivity contribution in [1.82, 2.24) is 0 Å². The van der Waals surface area contributed by atoms with Gasteiger partial charge >= 0.3 is 0 Å². The maximum atomic E-state index is 12.4. The van der Waals surface area contributed by atoms with E-state index in [1.165, 1.54) is 0 Å². The highest BCUT2D eigenvalue weighted by molar-refractivity contribution is 6.47. The third-order valence-electron chi connectivity index (χ3n) is 4.65. The van der Waals surface area contributed by atoms with Crippen molar-refractivity contribution in [3.05, 3.63) is 34.9 Å². The van der Waals surface area contributed by atoms with E-state index in [0.29, 0.717) is 23.5 Å². The number of hydrogen-bond acceptors (Lipinski definition) is 4.